The van der Waals surface area contributed by atoms with Gasteiger partial charge in [0.05, 0.1) is 12.3 Å². The molecule has 29 heavy (non-hydrogen) atoms. The van der Waals surface area contributed by atoms with Crippen molar-refractivity contribution in [2.75, 3.05) is 6.26 Å². The van der Waals surface area contributed by atoms with Gasteiger partial charge in [0.25, 0.3) is 10.1 Å². The summed E-state index contributed by atoms with van der Waals surface area (Å²) in [6, 6.07) is 19.4. The van der Waals surface area contributed by atoms with E-state index in [1.807, 2.05) is 36.4 Å². The highest BCUT2D eigenvalue weighted by Crippen LogP contribution is 2.31. The summed E-state index contributed by atoms with van der Waals surface area (Å²) in [6.45, 7) is 1.29. The molecule has 2 aromatic carbocycles. The molecule has 0 unspecified atom stereocenters. The summed E-state index contributed by atoms with van der Waals surface area (Å²) in [4.78, 5) is 5.17. The molecule has 0 N–H and O–H groups in total. The Morgan fingerprint density at radius 2 is 1.59 bits per heavy atom. The third-order valence-corrected chi connectivity index (χ3v) is 5.74. The fourth-order valence-corrected chi connectivity index (χ4v) is 4.62. The summed E-state index contributed by atoms with van der Waals surface area (Å²) in [5.74, 6) is 0. The quantitative estimate of drug-likeness (QED) is 0.279. The molecule has 0 heterocycles. The molecule has 1 aliphatic carbocycles. The molecule has 8 heteroatoms. The highest BCUT2D eigenvalue weighted by atomic mass is 32.2. The van der Waals surface area contributed by atoms with Crippen LogP contribution >= 0.6 is 0 Å². The molecule has 0 spiro atoms. The van der Waals surface area contributed by atoms with E-state index in [0.717, 1.165) is 30.2 Å². The van der Waals surface area contributed by atoms with Crippen LogP contribution in [0.1, 0.15) is 30.4 Å². The summed E-state index contributed by atoms with van der Waals surface area (Å²) in [5.41, 5.74) is 11.2. The first kappa shape index (κ1) is 21.3. The lowest BCUT2D eigenvalue weighted by Crippen LogP contribution is -2.52. The normalized spacial score (nSPS) is 22.2. The van der Waals surface area contributed by atoms with E-state index in [4.69, 9.17) is 9.71 Å². The van der Waals surface area contributed by atoms with Crippen LogP contribution in [-0.4, -0.2) is 37.8 Å². The predicted molar refractivity (Wildman–Crippen MR) is 112 cm³/mol. The fraction of sp³-hybridized carbons (Fsp3) is 0.429. The molecule has 3 atom stereocenters. The van der Waals surface area contributed by atoms with Crippen LogP contribution in [0.5, 0.6) is 0 Å². The maximum atomic E-state index is 12.0. The van der Waals surface area contributed by atoms with Crippen molar-refractivity contribution in [3.63, 3.8) is 0 Å². The van der Waals surface area contributed by atoms with Crippen molar-refractivity contribution in [1.82, 2.24) is 4.90 Å². The lowest BCUT2D eigenvalue weighted by Gasteiger charge is -2.42. The Morgan fingerprint density at radius 3 is 2.07 bits per heavy atom. The third-order valence-electron chi connectivity index (χ3n) is 5.17. The van der Waals surface area contributed by atoms with Crippen molar-refractivity contribution in [2.45, 2.75) is 50.5 Å². The molecule has 0 amide bonds. The maximum Gasteiger partial charge on any atom is 0.264 e. The first-order valence-corrected chi connectivity index (χ1v) is 11.5. The van der Waals surface area contributed by atoms with Crippen molar-refractivity contribution in [3.8, 4) is 0 Å². The second kappa shape index (κ2) is 9.89. The summed E-state index contributed by atoms with van der Waals surface area (Å²) >= 11 is 0. The van der Waals surface area contributed by atoms with Gasteiger partial charge in [0.15, 0.2) is 0 Å². The third kappa shape index (κ3) is 6.30. The fourth-order valence-electron chi connectivity index (χ4n) is 3.96. The lowest BCUT2D eigenvalue weighted by molar-refractivity contribution is 0.0190. The highest BCUT2D eigenvalue weighted by molar-refractivity contribution is 7.86. The van der Waals surface area contributed by atoms with Crippen molar-refractivity contribution < 1.29 is 12.6 Å². The maximum absolute atomic E-state index is 12.0. The Bertz CT molecular complexity index is 889. The van der Waals surface area contributed by atoms with Crippen LogP contribution in [0.4, 0.5) is 0 Å². The van der Waals surface area contributed by atoms with Gasteiger partial charge in [-0.15, -0.1) is 0 Å². The number of hydrogen-bond donors (Lipinski definition) is 0. The minimum atomic E-state index is -3.70. The van der Waals surface area contributed by atoms with Crippen LogP contribution < -0.4 is 0 Å². The largest absolute Gasteiger partial charge is 0.289 e. The van der Waals surface area contributed by atoms with Crippen LogP contribution in [0.25, 0.3) is 10.4 Å². The number of nitrogens with zero attached hydrogens (tertiary/aromatic N) is 4. The average molecular weight is 415 g/mol. The highest BCUT2D eigenvalue weighted by Gasteiger charge is 2.39. The topological polar surface area (TPSA) is 95.4 Å². The summed E-state index contributed by atoms with van der Waals surface area (Å²) in [5, 5.41) is 3.86. The Kier molecular flexibility index (Phi) is 7.28. The molecule has 0 aliphatic heterocycles. The van der Waals surface area contributed by atoms with E-state index < -0.39 is 22.3 Å². The molecular weight excluding hydrogens is 388 g/mol. The van der Waals surface area contributed by atoms with E-state index in [1.165, 1.54) is 0 Å². The second-order valence-corrected chi connectivity index (χ2v) is 9.01. The smallest absolute Gasteiger partial charge is 0.264 e. The average Bonchev–Trinajstić information content (AvgIpc) is 2.69. The first-order chi connectivity index (χ1) is 14.0. The van der Waals surface area contributed by atoms with E-state index in [0.29, 0.717) is 19.5 Å². The Morgan fingerprint density at radius 1 is 1.03 bits per heavy atom. The van der Waals surface area contributed by atoms with E-state index in [1.54, 1.807) is 0 Å². The van der Waals surface area contributed by atoms with Gasteiger partial charge < -0.3 is 0 Å². The lowest BCUT2D eigenvalue weighted by atomic mass is 9.87. The molecule has 154 valence electrons. The van der Waals surface area contributed by atoms with Gasteiger partial charge in [0, 0.05) is 24.0 Å². The van der Waals surface area contributed by atoms with E-state index in [9.17, 15) is 8.42 Å². The van der Waals surface area contributed by atoms with Crippen LogP contribution in [0.2, 0.25) is 0 Å². The molecule has 1 aliphatic rings. The molecule has 0 saturated heterocycles. The zero-order chi connectivity index (χ0) is 20.7. The number of hydrogen-bond acceptors (Lipinski definition) is 5. The number of azide groups is 1. The van der Waals surface area contributed by atoms with Crippen molar-refractivity contribution >= 4 is 10.1 Å². The van der Waals surface area contributed by atoms with Crippen LogP contribution in [0.3, 0.4) is 0 Å². The molecular formula is C21H26N4O3S. The van der Waals surface area contributed by atoms with Gasteiger partial charge >= 0.3 is 0 Å². The van der Waals surface area contributed by atoms with E-state index in [2.05, 4.69) is 39.2 Å². The standard InChI is InChI=1S/C21H26N4O3S/c1-29(26,27)28-21-19(23-24-22)13-8-14-20(21)25(15-17-9-4-2-5-10-17)16-18-11-6-3-7-12-18/h2-7,9-12,19-21H,8,13-16H2,1H3/t19-,20+,21+/m0/s1. The van der Waals surface area contributed by atoms with Crippen LogP contribution in [0, 0.1) is 0 Å². The molecule has 1 fully saturated rings. The Labute approximate surface area is 172 Å². The zero-order valence-electron chi connectivity index (χ0n) is 16.5. The monoisotopic (exact) mass is 414 g/mol. The van der Waals surface area contributed by atoms with Crippen molar-refractivity contribution in [2.24, 2.45) is 5.11 Å². The first-order valence-electron chi connectivity index (χ1n) is 9.70. The van der Waals surface area contributed by atoms with Crippen LogP contribution in [0.15, 0.2) is 65.8 Å². The molecule has 0 bridgehead atoms. The van der Waals surface area contributed by atoms with E-state index >= 15 is 0 Å². The number of benzene rings is 2. The van der Waals surface area contributed by atoms with Gasteiger partial charge in [-0.1, -0.05) is 72.2 Å². The predicted octanol–water partition coefficient (Wildman–Crippen LogP) is 4.27. The molecule has 0 radical (unpaired) electrons. The van der Waals surface area contributed by atoms with Crippen molar-refractivity contribution in [3.05, 3.63) is 82.2 Å². The minimum absolute atomic E-state index is 0.186. The SMILES string of the molecule is CS(=O)(=O)O[C@@H]1[C@@H](N=[N+]=[N-])CCC[C@H]1N(Cc1ccccc1)Cc1ccccc1. The molecule has 0 aromatic heterocycles. The summed E-state index contributed by atoms with van der Waals surface area (Å²) in [6.07, 6.45) is 2.58. The number of rotatable bonds is 8. The van der Waals surface area contributed by atoms with Gasteiger partial charge in [-0.25, -0.2) is 0 Å². The molecule has 1 saturated carbocycles. The van der Waals surface area contributed by atoms with Crippen molar-refractivity contribution in [1.29, 1.82) is 0 Å². The van der Waals surface area contributed by atoms with Gasteiger partial charge in [0.2, 0.25) is 0 Å². The summed E-state index contributed by atoms with van der Waals surface area (Å²) in [7, 11) is -3.70. The van der Waals surface area contributed by atoms with Gasteiger partial charge in [-0.05, 0) is 29.5 Å². The zero-order valence-corrected chi connectivity index (χ0v) is 17.3. The van der Waals surface area contributed by atoms with Gasteiger partial charge in [-0.3, -0.25) is 9.08 Å². The molecule has 2 aromatic rings. The van der Waals surface area contributed by atoms with Gasteiger partial charge in [0.1, 0.15) is 6.10 Å². The minimum Gasteiger partial charge on any atom is -0.289 e. The Balaban J connectivity index is 1.94. The summed E-state index contributed by atoms with van der Waals surface area (Å²) < 4.78 is 29.4. The van der Waals surface area contributed by atoms with Crippen LogP contribution in [-0.2, 0) is 27.4 Å². The molecule has 7 nitrogen and oxygen atoms in total. The van der Waals surface area contributed by atoms with E-state index in [-0.39, 0.29) is 6.04 Å². The molecule has 3 rings (SSSR count). The Hall–Kier alpha value is -2.38. The second-order valence-electron chi connectivity index (χ2n) is 7.41. The van der Waals surface area contributed by atoms with Gasteiger partial charge in [-0.2, -0.15) is 8.42 Å².